The molecule has 4 aliphatic rings. The maximum absolute atomic E-state index is 5.99. The second kappa shape index (κ2) is 5.41. The smallest absolute Gasteiger partial charge is 0.220 e. The summed E-state index contributed by atoms with van der Waals surface area (Å²) in [5.74, 6) is 2.97. The minimum Gasteiger partial charge on any atom is -0.368 e. The van der Waals surface area contributed by atoms with Crippen molar-refractivity contribution < 1.29 is 4.74 Å². The molecule has 0 atom stereocenters. The zero-order valence-electron chi connectivity index (χ0n) is 16.1. The summed E-state index contributed by atoms with van der Waals surface area (Å²) in [6.07, 6.45) is 4.20. The molecule has 6 heterocycles. The van der Waals surface area contributed by atoms with E-state index >= 15 is 0 Å². The number of nitrogens with zero attached hydrogens (tertiary/aromatic N) is 6. The van der Waals surface area contributed by atoms with Crippen molar-refractivity contribution in [2.75, 3.05) is 23.8 Å². The Morgan fingerprint density at radius 2 is 2.04 bits per heavy atom. The number of ether oxygens (including phenoxy) is 1. The molecule has 2 bridgehead atoms. The van der Waals surface area contributed by atoms with Crippen LogP contribution >= 0.6 is 0 Å². The van der Waals surface area contributed by atoms with Gasteiger partial charge in [0.25, 0.3) is 0 Å². The summed E-state index contributed by atoms with van der Waals surface area (Å²) in [6, 6.07) is 4.52. The highest BCUT2D eigenvalue weighted by Crippen LogP contribution is 2.45. The molecule has 8 heteroatoms. The summed E-state index contributed by atoms with van der Waals surface area (Å²) >= 11 is 0. The highest BCUT2D eigenvalue weighted by molar-refractivity contribution is 5.91. The monoisotopic (exact) mass is 377 g/mol. The lowest BCUT2D eigenvalue weighted by Gasteiger charge is -2.30. The Labute approximate surface area is 162 Å². The Morgan fingerprint density at radius 3 is 2.79 bits per heavy atom. The van der Waals surface area contributed by atoms with Crippen molar-refractivity contribution in [2.45, 2.75) is 44.9 Å². The number of rotatable bonds is 2. The van der Waals surface area contributed by atoms with Crippen molar-refractivity contribution in [3.63, 3.8) is 0 Å². The molecule has 8 nitrogen and oxygen atoms in total. The van der Waals surface area contributed by atoms with E-state index in [-0.39, 0.29) is 5.95 Å². The van der Waals surface area contributed by atoms with Crippen LogP contribution in [0.15, 0.2) is 18.3 Å². The van der Waals surface area contributed by atoms with Crippen molar-refractivity contribution in [3.05, 3.63) is 24.2 Å². The summed E-state index contributed by atoms with van der Waals surface area (Å²) in [6.45, 7) is 6.68. The average Bonchev–Trinajstić information content (AvgIpc) is 3.33. The first-order valence-corrected chi connectivity index (χ1v) is 9.91. The predicted molar refractivity (Wildman–Crippen MR) is 106 cm³/mol. The average molecular weight is 377 g/mol. The zero-order valence-corrected chi connectivity index (χ0v) is 16.1. The third kappa shape index (κ3) is 2.21. The van der Waals surface area contributed by atoms with Gasteiger partial charge in [0.1, 0.15) is 16.9 Å². The third-order valence-corrected chi connectivity index (χ3v) is 6.35. The van der Waals surface area contributed by atoms with Crippen LogP contribution in [-0.2, 0) is 16.9 Å². The number of hydrogen-bond donors (Lipinski definition) is 1. The number of pyridine rings is 1. The van der Waals surface area contributed by atoms with Crippen molar-refractivity contribution >= 4 is 22.8 Å². The van der Waals surface area contributed by atoms with Crippen molar-refractivity contribution in [3.8, 4) is 11.4 Å². The molecule has 3 fully saturated rings. The van der Waals surface area contributed by atoms with Gasteiger partial charge in [0.2, 0.25) is 5.95 Å². The lowest BCUT2D eigenvalue weighted by Crippen LogP contribution is -2.33. The molecule has 0 spiro atoms. The molecule has 2 N–H and O–H groups in total. The van der Waals surface area contributed by atoms with Crippen LogP contribution in [0.3, 0.4) is 0 Å². The zero-order chi connectivity index (χ0) is 19.0. The molecule has 0 unspecified atom stereocenters. The topological polar surface area (TPSA) is 95.0 Å². The highest BCUT2D eigenvalue weighted by atomic mass is 16.5. The molecule has 1 aliphatic carbocycles. The second-order valence-corrected chi connectivity index (χ2v) is 8.59. The quantitative estimate of drug-likeness (QED) is 0.732. The van der Waals surface area contributed by atoms with E-state index in [1.165, 1.54) is 12.8 Å². The summed E-state index contributed by atoms with van der Waals surface area (Å²) in [7, 11) is 0. The van der Waals surface area contributed by atoms with Crippen LogP contribution in [0.1, 0.15) is 32.5 Å². The van der Waals surface area contributed by atoms with Gasteiger partial charge in [-0.15, -0.1) is 0 Å². The maximum atomic E-state index is 5.99. The van der Waals surface area contributed by atoms with E-state index < -0.39 is 5.60 Å². The van der Waals surface area contributed by atoms with Gasteiger partial charge in [-0.25, -0.2) is 19.9 Å². The van der Waals surface area contributed by atoms with E-state index in [0.29, 0.717) is 12.6 Å². The van der Waals surface area contributed by atoms with Crippen LogP contribution in [-0.4, -0.2) is 43.7 Å². The molecule has 2 saturated heterocycles. The van der Waals surface area contributed by atoms with Crippen molar-refractivity contribution in [1.82, 2.24) is 24.5 Å². The number of hydrogen-bond acceptors (Lipinski definition) is 7. The molecule has 3 aromatic rings. The van der Waals surface area contributed by atoms with Gasteiger partial charge in [0.05, 0.1) is 23.5 Å². The highest BCUT2D eigenvalue weighted by Gasteiger charge is 2.44. The van der Waals surface area contributed by atoms with Gasteiger partial charge < -0.3 is 19.9 Å². The van der Waals surface area contributed by atoms with Crippen LogP contribution in [0.4, 0.5) is 11.8 Å². The van der Waals surface area contributed by atoms with Gasteiger partial charge in [-0.1, -0.05) is 0 Å². The molecule has 0 radical (unpaired) electrons. The molecule has 3 aliphatic heterocycles. The van der Waals surface area contributed by atoms with E-state index in [0.717, 1.165) is 53.1 Å². The van der Waals surface area contributed by atoms with Gasteiger partial charge in [0, 0.05) is 25.3 Å². The lowest BCUT2D eigenvalue weighted by atomic mass is 9.86. The standard InChI is InChI=1S/C20H23N7O/c1-20(2)18-25-16-15(26(18)5-6-28-20)9-14(13-3-4-22-19(21)24-13)23-17(16)27-10-11-7-12(27)8-11/h3-4,9,11-12H,5-8,10H2,1-2H3,(H2,21,22,24). The molecular weight excluding hydrogens is 354 g/mol. The third-order valence-electron chi connectivity index (χ3n) is 6.35. The Hall–Kier alpha value is -2.74. The van der Waals surface area contributed by atoms with E-state index in [1.807, 2.05) is 6.07 Å². The number of aromatic nitrogens is 5. The fourth-order valence-corrected chi connectivity index (χ4v) is 4.89. The number of nitrogen functional groups attached to an aromatic ring is 1. The van der Waals surface area contributed by atoms with Gasteiger partial charge in [-0.2, -0.15) is 0 Å². The SMILES string of the molecule is CC1(C)OCCn2c1nc1c(N3CC4CC3C4)nc(-c3ccnc(N)n3)cc12. The van der Waals surface area contributed by atoms with Crippen LogP contribution in [0, 0.1) is 5.92 Å². The molecule has 0 amide bonds. The largest absolute Gasteiger partial charge is 0.368 e. The van der Waals surface area contributed by atoms with Crippen LogP contribution < -0.4 is 10.6 Å². The van der Waals surface area contributed by atoms with E-state index in [1.54, 1.807) is 6.20 Å². The van der Waals surface area contributed by atoms with Crippen LogP contribution in [0.5, 0.6) is 0 Å². The normalized spacial score (nSPS) is 25.0. The number of imidazole rings is 1. The molecule has 0 aromatic carbocycles. The summed E-state index contributed by atoms with van der Waals surface area (Å²) < 4.78 is 8.27. The Morgan fingerprint density at radius 1 is 1.18 bits per heavy atom. The predicted octanol–water partition coefficient (Wildman–Crippen LogP) is 2.33. The number of nitrogens with two attached hydrogens (primary N) is 1. The van der Waals surface area contributed by atoms with Gasteiger partial charge in [-0.3, -0.25) is 0 Å². The first-order chi connectivity index (χ1) is 13.5. The van der Waals surface area contributed by atoms with Crippen LogP contribution in [0.25, 0.3) is 22.4 Å². The lowest BCUT2D eigenvalue weighted by molar-refractivity contribution is -0.0529. The summed E-state index contributed by atoms with van der Waals surface area (Å²) in [5.41, 5.74) is 9.02. The Kier molecular flexibility index (Phi) is 3.14. The first kappa shape index (κ1) is 16.2. The molecular formula is C20H23N7O. The second-order valence-electron chi connectivity index (χ2n) is 8.59. The van der Waals surface area contributed by atoms with Gasteiger partial charge >= 0.3 is 0 Å². The molecule has 144 valence electrons. The minimum absolute atomic E-state index is 0.259. The fraction of sp³-hybridized carbons (Fsp3) is 0.500. The van der Waals surface area contributed by atoms with Crippen molar-refractivity contribution in [2.24, 2.45) is 5.92 Å². The molecule has 28 heavy (non-hydrogen) atoms. The fourth-order valence-electron chi connectivity index (χ4n) is 4.89. The Balaban J connectivity index is 1.62. The maximum Gasteiger partial charge on any atom is 0.220 e. The Bertz CT molecular complexity index is 1100. The molecule has 7 rings (SSSR count). The molecule has 3 aromatic heterocycles. The van der Waals surface area contributed by atoms with E-state index in [4.69, 9.17) is 20.4 Å². The number of fused-ring (bicyclic) bond motifs is 4. The van der Waals surface area contributed by atoms with E-state index in [9.17, 15) is 0 Å². The summed E-state index contributed by atoms with van der Waals surface area (Å²) in [5, 5.41) is 0. The van der Waals surface area contributed by atoms with E-state index in [2.05, 4.69) is 39.3 Å². The van der Waals surface area contributed by atoms with Gasteiger partial charge in [-0.05, 0) is 44.7 Å². The first-order valence-electron chi connectivity index (χ1n) is 9.91. The van der Waals surface area contributed by atoms with Gasteiger partial charge in [0.15, 0.2) is 5.82 Å². The number of anilines is 2. The van der Waals surface area contributed by atoms with Crippen molar-refractivity contribution in [1.29, 1.82) is 0 Å². The van der Waals surface area contributed by atoms with Crippen LogP contribution in [0.2, 0.25) is 0 Å². The summed E-state index contributed by atoms with van der Waals surface area (Å²) in [4.78, 5) is 20.9. The minimum atomic E-state index is -0.416. The molecule has 1 saturated carbocycles.